The zero-order valence-corrected chi connectivity index (χ0v) is 27.7. The van der Waals surface area contributed by atoms with E-state index in [1.807, 2.05) is 0 Å². The Labute approximate surface area is 263 Å². The van der Waals surface area contributed by atoms with Crippen LogP contribution in [0.5, 0.6) is 0 Å². The lowest BCUT2D eigenvalue weighted by Gasteiger charge is -2.20. The largest absolute Gasteiger partial charge is 0.480 e. The molecule has 0 bridgehead atoms. The summed E-state index contributed by atoms with van der Waals surface area (Å²) in [6.45, 7) is 0.474. The van der Waals surface area contributed by atoms with Crippen LogP contribution in [0.4, 0.5) is 0 Å². The summed E-state index contributed by atoms with van der Waals surface area (Å²) in [4.78, 5) is 55.6. The number of carbonyl (C=O) groups is 4. The summed E-state index contributed by atoms with van der Waals surface area (Å²) in [5.74, 6) is -2.48. The van der Waals surface area contributed by atoms with Gasteiger partial charge < -0.3 is 30.0 Å². The van der Waals surface area contributed by atoms with Crippen molar-refractivity contribution in [3.8, 4) is 0 Å². The first kappa shape index (κ1) is 42.1. The van der Waals surface area contributed by atoms with E-state index < -0.39 is 51.1 Å². The molecule has 44 heavy (non-hydrogen) atoms. The molecule has 0 amide bonds. The first-order chi connectivity index (χ1) is 21.1. The summed E-state index contributed by atoms with van der Waals surface area (Å²) in [5.41, 5.74) is 5.27. The number of ether oxygens (including phenoxy) is 2. The number of carboxylic acids is 1. The summed E-state index contributed by atoms with van der Waals surface area (Å²) in [6, 6.07) is -1.53. The molecule has 4 N–H and O–H groups in total. The number of carbonyl (C=O) groups excluding carboxylic acids is 3. The molecule has 0 aliphatic carbocycles. The third-order valence-corrected chi connectivity index (χ3v) is 8.02. The molecule has 0 fully saturated rings. The molecule has 0 rings (SSSR count). The highest BCUT2D eigenvalue weighted by atomic mass is 31.2. The Morgan fingerprint density at radius 3 is 1.66 bits per heavy atom. The number of hydrogen-bond acceptors (Lipinski definition) is 10. The molecule has 0 aliphatic heterocycles. The molecular formula is C31H58NO11P. The Morgan fingerprint density at radius 1 is 0.705 bits per heavy atom. The van der Waals surface area contributed by atoms with Crippen molar-refractivity contribution >= 4 is 32.0 Å². The monoisotopic (exact) mass is 651 g/mol. The van der Waals surface area contributed by atoms with Crippen molar-refractivity contribution in [2.45, 2.75) is 154 Å². The van der Waals surface area contributed by atoms with E-state index in [2.05, 4.69) is 11.4 Å². The van der Waals surface area contributed by atoms with Crippen LogP contribution < -0.4 is 5.73 Å². The molecule has 0 saturated heterocycles. The standard InChI is InChI=1S/C31H58NO11P/c1-2-3-4-5-6-7-8-9-10-11-12-15-18-21-29(34)40-24-27(25-41-44(38,39)42-26-28(32)31(36)37)43-30(35)22-19-16-13-14-17-20-23-33/h23,27-28H,2-22,24-26,32H2,1H3,(H,36,37)(H,38,39)/t27-,28+/m1/s1. The minimum Gasteiger partial charge on any atom is -0.480 e. The van der Waals surface area contributed by atoms with Crippen LogP contribution in [0.2, 0.25) is 0 Å². The number of hydrogen-bond donors (Lipinski definition) is 3. The number of rotatable bonds is 32. The maximum absolute atomic E-state index is 12.3. The van der Waals surface area contributed by atoms with Crippen molar-refractivity contribution in [1.82, 2.24) is 0 Å². The van der Waals surface area contributed by atoms with E-state index in [-0.39, 0.29) is 19.4 Å². The van der Waals surface area contributed by atoms with E-state index >= 15 is 0 Å². The Kier molecular flexibility index (Phi) is 27.4. The van der Waals surface area contributed by atoms with Crippen molar-refractivity contribution in [3.05, 3.63) is 0 Å². The first-order valence-corrected chi connectivity index (χ1v) is 18.0. The summed E-state index contributed by atoms with van der Waals surface area (Å²) in [7, 11) is -4.71. The number of aldehydes is 1. The second-order valence-electron chi connectivity index (χ2n) is 11.3. The van der Waals surface area contributed by atoms with E-state index in [9.17, 15) is 28.6 Å². The molecule has 0 heterocycles. The van der Waals surface area contributed by atoms with Crippen molar-refractivity contribution in [3.63, 3.8) is 0 Å². The number of carboxylic acid groups (broad SMARTS) is 1. The quantitative estimate of drug-likeness (QED) is 0.0315. The number of unbranched alkanes of at least 4 members (excludes halogenated alkanes) is 17. The van der Waals surface area contributed by atoms with Gasteiger partial charge in [0.1, 0.15) is 18.9 Å². The lowest BCUT2D eigenvalue weighted by molar-refractivity contribution is -0.161. The highest BCUT2D eigenvalue weighted by molar-refractivity contribution is 7.47. The minimum atomic E-state index is -4.71. The fraction of sp³-hybridized carbons (Fsp3) is 0.871. The zero-order valence-electron chi connectivity index (χ0n) is 26.8. The van der Waals surface area contributed by atoms with Gasteiger partial charge in [0, 0.05) is 19.3 Å². The van der Waals surface area contributed by atoms with E-state index in [1.165, 1.54) is 57.8 Å². The average molecular weight is 652 g/mol. The molecule has 0 aromatic carbocycles. The molecule has 13 heteroatoms. The third kappa shape index (κ3) is 27.7. The van der Waals surface area contributed by atoms with Crippen LogP contribution in [0.15, 0.2) is 0 Å². The van der Waals surface area contributed by atoms with Crippen molar-refractivity contribution in [2.24, 2.45) is 5.73 Å². The van der Waals surface area contributed by atoms with Crippen LogP contribution >= 0.6 is 7.82 Å². The predicted molar refractivity (Wildman–Crippen MR) is 167 cm³/mol. The van der Waals surface area contributed by atoms with Gasteiger partial charge in [0.15, 0.2) is 6.10 Å². The molecule has 0 radical (unpaired) electrons. The van der Waals surface area contributed by atoms with Crippen molar-refractivity contribution in [1.29, 1.82) is 0 Å². The predicted octanol–water partition coefficient (Wildman–Crippen LogP) is 6.40. The van der Waals surface area contributed by atoms with E-state index in [4.69, 9.17) is 24.8 Å². The van der Waals surface area contributed by atoms with E-state index in [1.54, 1.807) is 0 Å². The van der Waals surface area contributed by atoms with Gasteiger partial charge in [-0.1, -0.05) is 103 Å². The topological polar surface area (TPSA) is 189 Å². The van der Waals surface area contributed by atoms with Gasteiger partial charge in [0.05, 0.1) is 13.2 Å². The number of nitrogens with two attached hydrogens (primary N) is 1. The van der Waals surface area contributed by atoms with Gasteiger partial charge in [-0.05, 0) is 19.3 Å². The van der Waals surface area contributed by atoms with Crippen LogP contribution in [0, 0.1) is 0 Å². The first-order valence-electron chi connectivity index (χ1n) is 16.5. The van der Waals surface area contributed by atoms with Gasteiger partial charge in [0.2, 0.25) is 0 Å². The third-order valence-electron chi connectivity index (χ3n) is 7.07. The van der Waals surface area contributed by atoms with Crippen LogP contribution in [0.1, 0.15) is 142 Å². The number of phosphoric ester groups is 1. The molecule has 0 aromatic heterocycles. The van der Waals surface area contributed by atoms with Gasteiger partial charge in [-0.3, -0.25) is 23.4 Å². The van der Waals surface area contributed by atoms with Crippen molar-refractivity contribution < 1.29 is 52.3 Å². The molecule has 0 saturated carbocycles. The van der Waals surface area contributed by atoms with Crippen molar-refractivity contribution in [2.75, 3.05) is 19.8 Å². The van der Waals surface area contributed by atoms with Crippen LogP contribution in [0.3, 0.4) is 0 Å². The van der Waals surface area contributed by atoms with Crippen LogP contribution in [-0.2, 0) is 42.3 Å². The lowest BCUT2D eigenvalue weighted by atomic mass is 10.0. The Hall–Kier alpha value is -1.85. The SMILES string of the molecule is CCCCCCCCCCCCCCCC(=O)OC[C@H](COP(=O)(O)OC[C@H](N)C(=O)O)OC(=O)CCCCCCCC=O. The molecule has 1 unspecified atom stereocenters. The second kappa shape index (κ2) is 28.6. The summed E-state index contributed by atoms with van der Waals surface area (Å²) >= 11 is 0. The summed E-state index contributed by atoms with van der Waals surface area (Å²) in [6.07, 6.45) is 19.8. The van der Waals surface area contributed by atoms with Crippen LogP contribution in [-0.4, -0.2) is 66.2 Å². The highest BCUT2D eigenvalue weighted by Gasteiger charge is 2.28. The highest BCUT2D eigenvalue weighted by Crippen LogP contribution is 2.43. The zero-order chi connectivity index (χ0) is 32.9. The Bertz CT molecular complexity index is 811. The molecular weight excluding hydrogens is 593 g/mol. The van der Waals surface area contributed by atoms with Gasteiger partial charge in [-0.25, -0.2) is 4.57 Å². The summed E-state index contributed by atoms with van der Waals surface area (Å²) in [5, 5.41) is 8.80. The average Bonchev–Trinajstić information content (AvgIpc) is 2.99. The molecule has 3 atom stereocenters. The maximum Gasteiger partial charge on any atom is 0.472 e. The molecule has 12 nitrogen and oxygen atoms in total. The van der Waals surface area contributed by atoms with Crippen LogP contribution in [0.25, 0.3) is 0 Å². The Balaban J connectivity index is 4.42. The number of esters is 2. The summed E-state index contributed by atoms with van der Waals surface area (Å²) < 4.78 is 32.2. The fourth-order valence-electron chi connectivity index (χ4n) is 4.39. The van der Waals surface area contributed by atoms with E-state index in [0.717, 1.165) is 51.2 Å². The fourth-order valence-corrected chi connectivity index (χ4v) is 5.17. The maximum atomic E-state index is 12.3. The van der Waals surface area contributed by atoms with E-state index in [0.29, 0.717) is 19.3 Å². The molecule has 0 aliphatic rings. The normalized spacial score (nSPS) is 14.0. The number of phosphoric acid groups is 1. The Morgan fingerprint density at radius 2 is 1.16 bits per heavy atom. The smallest absolute Gasteiger partial charge is 0.472 e. The van der Waals surface area contributed by atoms with Gasteiger partial charge >= 0.3 is 25.7 Å². The van der Waals surface area contributed by atoms with Gasteiger partial charge in [0.25, 0.3) is 0 Å². The molecule has 0 aromatic rings. The lowest BCUT2D eigenvalue weighted by Crippen LogP contribution is -2.34. The molecule has 0 spiro atoms. The number of aliphatic carboxylic acids is 1. The molecule has 258 valence electrons. The van der Waals surface area contributed by atoms with Gasteiger partial charge in [-0.2, -0.15) is 0 Å². The minimum absolute atomic E-state index is 0.0951. The second-order valence-corrected chi connectivity index (χ2v) is 12.7. The van der Waals surface area contributed by atoms with Gasteiger partial charge in [-0.15, -0.1) is 0 Å².